The van der Waals surface area contributed by atoms with Gasteiger partial charge in [-0.2, -0.15) is 5.10 Å². The third-order valence-electron chi connectivity index (χ3n) is 5.24. The van der Waals surface area contributed by atoms with Crippen molar-refractivity contribution in [2.24, 2.45) is 0 Å². The van der Waals surface area contributed by atoms with Crippen molar-refractivity contribution >= 4 is 11.6 Å². The molecule has 1 aliphatic heterocycles. The number of rotatable bonds is 8. The van der Waals surface area contributed by atoms with Crippen LogP contribution >= 0.6 is 0 Å². The van der Waals surface area contributed by atoms with Gasteiger partial charge in [0.1, 0.15) is 12.2 Å². The molecular formula is C21H32N6O. The van der Waals surface area contributed by atoms with Crippen molar-refractivity contribution in [1.29, 1.82) is 0 Å². The van der Waals surface area contributed by atoms with Crippen molar-refractivity contribution in [3.63, 3.8) is 0 Å². The number of piperazine rings is 1. The zero-order valence-corrected chi connectivity index (χ0v) is 17.3. The van der Waals surface area contributed by atoms with Gasteiger partial charge in [-0.15, -0.1) is 0 Å². The van der Waals surface area contributed by atoms with Crippen LogP contribution in [-0.4, -0.2) is 58.3 Å². The van der Waals surface area contributed by atoms with Crippen molar-refractivity contribution in [2.45, 2.75) is 46.2 Å². The second-order valence-corrected chi connectivity index (χ2v) is 7.55. The molecule has 1 N–H and O–H groups in total. The van der Waals surface area contributed by atoms with Gasteiger partial charge in [-0.05, 0) is 38.0 Å². The highest BCUT2D eigenvalue weighted by Gasteiger charge is 2.19. The van der Waals surface area contributed by atoms with Gasteiger partial charge < -0.3 is 10.2 Å². The fourth-order valence-electron chi connectivity index (χ4n) is 3.68. The number of anilines is 1. The first-order chi connectivity index (χ1) is 13.6. The van der Waals surface area contributed by atoms with E-state index in [9.17, 15) is 4.79 Å². The second-order valence-electron chi connectivity index (χ2n) is 7.55. The Morgan fingerprint density at radius 3 is 2.71 bits per heavy atom. The van der Waals surface area contributed by atoms with E-state index in [1.807, 2.05) is 11.6 Å². The van der Waals surface area contributed by atoms with Gasteiger partial charge in [0.15, 0.2) is 0 Å². The summed E-state index contributed by atoms with van der Waals surface area (Å²) in [4.78, 5) is 21.5. The maximum atomic E-state index is 12.4. The van der Waals surface area contributed by atoms with E-state index in [4.69, 9.17) is 0 Å². The molecule has 7 heteroatoms. The third kappa shape index (κ3) is 5.32. The summed E-state index contributed by atoms with van der Waals surface area (Å²) in [6.45, 7) is 11.8. The van der Waals surface area contributed by atoms with Crippen LogP contribution < -0.4 is 10.2 Å². The number of benzene rings is 1. The van der Waals surface area contributed by atoms with Crippen LogP contribution in [0.1, 0.15) is 44.1 Å². The molecule has 28 heavy (non-hydrogen) atoms. The zero-order chi connectivity index (χ0) is 19.9. The van der Waals surface area contributed by atoms with Gasteiger partial charge in [0.05, 0.1) is 6.04 Å². The van der Waals surface area contributed by atoms with Crippen LogP contribution in [0, 0.1) is 6.92 Å². The van der Waals surface area contributed by atoms with Gasteiger partial charge in [0, 0.05) is 51.4 Å². The van der Waals surface area contributed by atoms with Crippen molar-refractivity contribution in [1.82, 2.24) is 25.0 Å². The van der Waals surface area contributed by atoms with Crippen molar-refractivity contribution in [2.75, 3.05) is 37.6 Å². The minimum absolute atomic E-state index is 0.0691. The average Bonchev–Trinajstić information content (AvgIpc) is 3.15. The molecule has 1 aromatic heterocycles. The van der Waals surface area contributed by atoms with Crippen LogP contribution in [-0.2, 0) is 11.3 Å². The number of aryl methyl sites for hydroxylation is 2. The number of carbonyl (C=O) groups is 1. The van der Waals surface area contributed by atoms with E-state index < -0.39 is 0 Å². The summed E-state index contributed by atoms with van der Waals surface area (Å²) < 4.78 is 1.87. The van der Waals surface area contributed by atoms with E-state index in [1.165, 1.54) is 11.3 Å². The Kier molecular flexibility index (Phi) is 7.03. The number of amides is 1. The van der Waals surface area contributed by atoms with Gasteiger partial charge in [-0.1, -0.05) is 19.1 Å². The molecular weight excluding hydrogens is 352 g/mol. The summed E-state index contributed by atoms with van der Waals surface area (Å²) in [6, 6.07) is 8.53. The molecule has 152 valence electrons. The summed E-state index contributed by atoms with van der Waals surface area (Å²) >= 11 is 0. The maximum absolute atomic E-state index is 12.4. The van der Waals surface area contributed by atoms with Crippen molar-refractivity contribution in [3.8, 4) is 0 Å². The van der Waals surface area contributed by atoms with Crippen molar-refractivity contribution in [3.05, 3.63) is 42.0 Å². The first-order valence-electron chi connectivity index (χ1n) is 10.3. The molecule has 0 saturated carbocycles. The number of aromatic nitrogens is 3. The molecule has 3 rings (SSSR count). The average molecular weight is 385 g/mol. The first-order valence-corrected chi connectivity index (χ1v) is 10.3. The van der Waals surface area contributed by atoms with Crippen LogP contribution in [0.2, 0.25) is 0 Å². The normalized spacial score (nSPS) is 16.2. The van der Waals surface area contributed by atoms with Gasteiger partial charge in [-0.3, -0.25) is 9.69 Å². The largest absolute Gasteiger partial charge is 0.369 e. The molecule has 0 spiro atoms. The Morgan fingerprint density at radius 2 is 2.00 bits per heavy atom. The van der Waals surface area contributed by atoms with E-state index in [2.05, 4.69) is 63.3 Å². The summed E-state index contributed by atoms with van der Waals surface area (Å²) in [6.07, 6.45) is 3.06. The van der Waals surface area contributed by atoms with Gasteiger partial charge in [-0.25, -0.2) is 9.67 Å². The Morgan fingerprint density at radius 1 is 1.21 bits per heavy atom. The number of nitrogens with zero attached hydrogens (tertiary/aromatic N) is 5. The molecule has 2 aromatic rings. The van der Waals surface area contributed by atoms with Crippen LogP contribution in [0.5, 0.6) is 0 Å². The molecule has 1 atom stereocenters. The van der Waals surface area contributed by atoms with Gasteiger partial charge >= 0.3 is 0 Å². The SMILES string of the molecule is CCCn1ncnc1[C@H](C)NC(=O)CCN1CCN(c2cccc(C)c2)CC1. The predicted molar refractivity (Wildman–Crippen MR) is 111 cm³/mol. The molecule has 1 aromatic carbocycles. The minimum Gasteiger partial charge on any atom is -0.369 e. The summed E-state index contributed by atoms with van der Waals surface area (Å²) in [5, 5.41) is 7.29. The Bertz CT molecular complexity index is 766. The number of carbonyl (C=O) groups excluding carboxylic acids is 1. The van der Waals surface area contributed by atoms with E-state index in [-0.39, 0.29) is 11.9 Å². The molecule has 0 bridgehead atoms. The van der Waals surface area contributed by atoms with Gasteiger partial charge in [0.2, 0.25) is 5.91 Å². The monoisotopic (exact) mass is 384 g/mol. The molecule has 1 saturated heterocycles. The molecule has 7 nitrogen and oxygen atoms in total. The Labute approximate surface area is 167 Å². The van der Waals surface area contributed by atoms with Crippen molar-refractivity contribution < 1.29 is 4.79 Å². The van der Waals surface area contributed by atoms with Crippen LogP contribution in [0.3, 0.4) is 0 Å². The van der Waals surface area contributed by atoms with E-state index in [0.717, 1.165) is 51.5 Å². The number of hydrogen-bond acceptors (Lipinski definition) is 5. The van der Waals surface area contributed by atoms with E-state index in [1.54, 1.807) is 6.33 Å². The molecule has 1 amide bonds. The lowest BCUT2D eigenvalue weighted by atomic mass is 10.2. The smallest absolute Gasteiger partial charge is 0.221 e. The van der Waals surface area contributed by atoms with E-state index in [0.29, 0.717) is 6.42 Å². The standard InChI is InChI=1S/C21H32N6O/c1-4-9-27-21(22-16-23-27)18(3)24-20(28)8-10-25-11-13-26(14-12-25)19-7-5-6-17(2)15-19/h5-7,15-16,18H,4,8-14H2,1-3H3,(H,24,28)/t18-/m0/s1. The highest BCUT2D eigenvalue weighted by molar-refractivity contribution is 5.76. The fourth-order valence-corrected chi connectivity index (χ4v) is 3.68. The summed E-state index contributed by atoms with van der Waals surface area (Å²) in [7, 11) is 0. The summed E-state index contributed by atoms with van der Waals surface area (Å²) in [5.74, 6) is 0.890. The van der Waals surface area contributed by atoms with Crippen LogP contribution in [0.25, 0.3) is 0 Å². The van der Waals surface area contributed by atoms with Crippen LogP contribution in [0.4, 0.5) is 5.69 Å². The second kappa shape index (κ2) is 9.68. The predicted octanol–water partition coefficient (Wildman–Crippen LogP) is 2.39. The zero-order valence-electron chi connectivity index (χ0n) is 17.3. The Balaban J connectivity index is 1.41. The molecule has 1 aliphatic rings. The molecule has 0 radical (unpaired) electrons. The molecule has 0 aliphatic carbocycles. The number of nitrogens with one attached hydrogen (secondary N) is 1. The maximum Gasteiger partial charge on any atom is 0.221 e. The fraction of sp³-hybridized carbons (Fsp3) is 0.571. The number of hydrogen-bond donors (Lipinski definition) is 1. The molecule has 1 fully saturated rings. The van der Waals surface area contributed by atoms with Crippen LogP contribution in [0.15, 0.2) is 30.6 Å². The lowest BCUT2D eigenvalue weighted by molar-refractivity contribution is -0.122. The molecule has 0 unspecified atom stereocenters. The summed E-state index contributed by atoms with van der Waals surface area (Å²) in [5.41, 5.74) is 2.59. The quantitative estimate of drug-likeness (QED) is 0.757. The highest BCUT2D eigenvalue weighted by Crippen LogP contribution is 2.18. The highest BCUT2D eigenvalue weighted by atomic mass is 16.1. The van der Waals surface area contributed by atoms with Gasteiger partial charge in [0.25, 0.3) is 0 Å². The lowest BCUT2D eigenvalue weighted by Crippen LogP contribution is -2.47. The van der Waals surface area contributed by atoms with E-state index >= 15 is 0 Å². The molecule has 2 heterocycles. The lowest BCUT2D eigenvalue weighted by Gasteiger charge is -2.36. The third-order valence-corrected chi connectivity index (χ3v) is 5.24. The minimum atomic E-state index is -0.125. The first kappa shape index (κ1) is 20.3. The topological polar surface area (TPSA) is 66.3 Å². The Hall–Kier alpha value is -2.41.